The molecule has 66 valence electrons. The Morgan fingerprint density at radius 1 is 1.58 bits per heavy atom. The molecular weight excluding hydrogens is 152 g/mol. The lowest BCUT2D eigenvalue weighted by Crippen LogP contribution is -2.27. The molecule has 0 N–H and O–H groups in total. The molecule has 0 aromatic heterocycles. The molecule has 1 aliphatic heterocycles. The molecule has 0 saturated carbocycles. The molecular formula is C10H14O2. The normalized spacial score (nSPS) is 23.1. The Bertz CT molecular complexity index is 185. The summed E-state index contributed by atoms with van der Waals surface area (Å²) in [6.07, 6.45) is 8.98. The molecule has 1 rings (SSSR count). The zero-order chi connectivity index (χ0) is 8.81. The van der Waals surface area contributed by atoms with Crippen molar-refractivity contribution in [3.05, 3.63) is 0 Å². The van der Waals surface area contributed by atoms with Crippen molar-refractivity contribution in [1.82, 2.24) is 0 Å². The Balaban J connectivity index is 2.26. The second-order valence-corrected chi connectivity index (χ2v) is 3.03. The number of rotatable bonds is 3. The molecule has 1 aliphatic rings. The fourth-order valence-corrected chi connectivity index (χ4v) is 1.35. The van der Waals surface area contributed by atoms with Crippen LogP contribution in [0.1, 0.15) is 32.1 Å². The molecule has 1 fully saturated rings. The quantitative estimate of drug-likeness (QED) is 0.594. The zero-order valence-electron chi connectivity index (χ0n) is 7.21. The predicted octanol–water partition coefficient (Wildman–Crippen LogP) is 1.54. The predicted molar refractivity (Wildman–Crippen MR) is 46.7 cm³/mol. The Kier molecular flexibility index (Phi) is 3.83. The van der Waals surface area contributed by atoms with Crippen molar-refractivity contribution in [1.29, 1.82) is 0 Å². The first-order valence-corrected chi connectivity index (χ1v) is 4.42. The molecule has 0 aromatic rings. The Hall–Kier alpha value is -0.810. The van der Waals surface area contributed by atoms with Crippen LogP contribution in [-0.2, 0) is 9.53 Å². The highest BCUT2D eigenvalue weighted by molar-refractivity contribution is 5.83. The van der Waals surface area contributed by atoms with E-state index in [-0.39, 0.29) is 11.9 Å². The molecule has 0 spiro atoms. The standard InChI is InChI=1S/C10H14O2/c1-2-3-6-9(11)10-7-4-5-8-12-10/h1,10H,3-8H2. The minimum Gasteiger partial charge on any atom is -0.370 e. The summed E-state index contributed by atoms with van der Waals surface area (Å²) in [5.41, 5.74) is 0. The molecule has 0 amide bonds. The van der Waals surface area contributed by atoms with Gasteiger partial charge < -0.3 is 4.74 Å². The minimum atomic E-state index is -0.160. The lowest BCUT2D eigenvalue weighted by Gasteiger charge is -2.20. The fourth-order valence-electron chi connectivity index (χ4n) is 1.35. The van der Waals surface area contributed by atoms with Gasteiger partial charge in [-0.1, -0.05) is 0 Å². The Morgan fingerprint density at radius 2 is 2.42 bits per heavy atom. The van der Waals surface area contributed by atoms with Gasteiger partial charge in [0.05, 0.1) is 0 Å². The SMILES string of the molecule is C#CCCC(=O)C1CCCCO1. The topological polar surface area (TPSA) is 26.3 Å². The van der Waals surface area contributed by atoms with E-state index >= 15 is 0 Å². The summed E-state index contributed by atoms with van der Waals surface area (Å²) in [5, 5.41) is 0. The van der Waals surface area contributed by atoms with E-state index in [9.17, 15) is 4.79 Å². The van der Waals surface area contributed by atoms with Gasteiger partial charge in [0.25, 0.3) is 0 Å². The van der Waals surface area contributed by atoms with Crippen LogP contribution < -0.4 is 0 Å². The second kappa shape index (κ2) is 4.95. The van der Waals surface area contributed by atoms with Gasteiger partial charge in [-0.3, -0.25) is 4.79 Å². The minimum absolute atomic E-state index is 0.160. The highest BCUT2D eigenvalue weighted by Crippen LogP contribution is 2.14. The number of hydrogen-bond donors (Lipinski definition) is 0. The van der Waals surface area contributed by atoms with Crippen molar-refractivity contribution >= 4 is 5.78 Å². The maximum atomic E-state index is 11.3. The van der Waals surface area contributed by atoms with E-state index in [1.165, 1.54) is 0 Å². The highest BCUT2D eigenvalue weighted by atomic mass is 16.5. The summed E-state index contributed by atoms with van der Waals surface area (Å²) in [7, 11) is 0. The van der Waals surface area contributed by atoms with E-state index in [1.54, 1.807) is 0 Å². The van der Waals surface area contributed by atoms with Crippen LogP contribution in [0.2, 0.25) is 0 Å². The van der Waals surface area contributed by atoms with Crippen molar-refractivity contribution in [2.45, 2.75) is 38.2 Å². The van der Waals surface area contributed by atoms with E-state index in [0.29, 0.717) is 12.8 Å². The van der Waals surface area contributed by atoms with Crippen LogP contribution in [-0.4, -0.2) is 18.5 Å². The molecule has 0 radical (unpaired) electrons. The van der Waals surface area contributed by atoms with Crippen LogP contribution in [0.3, 0.4) is 0 Å². The third-order valence-electron chi connectivity index (χ3n) is 2.05. The molecule has 1 saturated heterocycles. The number of hydrogen-bond acceptors (Lipinski definition) is 2. The van der Waals surface area contributed by atoms with E-state index in [0.717, 1.165) is 25.9 Å². The van der Waals surface area contributed by atoms with Crippen molar-refractivity contribution in [2.24, 2.45) is 0 Å². The summed E-state index contributed by atoms with van der Waals surface area (Å²) < 4.78 is 5.32. The van der Waals surface area contributed by atoms with Gasteiger partial charge in [0.1, 0.15) is 6.10 Å². The molecule has 1 unspecified atom stereocenters. The van der Waals surface area contributed by atoms with Crippen LogP contribution in [0.4, 0.5) is 0 Å². The third kappa shape index (κ3) is 2.67. The largest absolute Gasteiger partial charge is 0.370 e. The van der Waals surface area contributed by atoms with E-state index in [2.05, 4.69) is 5.92 Å². The van der Waals surface area contributed by atoms with Gasteiger partial charge in [0, 0.05) is 19.4 Å². The molecule has 2 nitrogen and oxygen atoms in total. The summed E-state index contributed by atoms with van der Waals surface area (Å²) in [4.78, 5) is 11.3. The van der Waals surface area contributed by atoms with Gasteiger partial charge >= 0.3 is 0 Å². The van der Waals surface area contributed by atoms with Crippen molar-refractivity contribution in [2.75, 3.05) is 6.61 Å². The number of Topliss-reactive ketones (excluding diaryl/α,β-unsaturated/α-hetero) is 1. The number of ketones is 1. The van der Waals surface area contributed by atoms with Crippen LogP contribution in [0, 0.1) is 12.3 Å². The van der Waals surface area contributed by atoms with Gasteiger partial charge in [0.2, 0.25) is 0 Å². The summed E-state index contributed by atoms with van der Waals surface area (Å²) in [6.45, 7) is 0.729. The molecule has 0 bridgehead atoms. The van der Waals surface area contributed by atoms with Crippen LogP contribution in [0.25, 0.3) is 0 Å². The van der Waals surface area contributed by atoms with Crippen LogP contribution in [0.15, 0.2) is 0 Å². The average Bonchev–Trinajstić information content (AvgIpc) is 2.15. The lowest BCUT2D eigenvalue weighted by atomic mass is 10.0. The van der Waals surface area contributed by atoms with E-state index < -0.39 is 0 Å². The number of terminal acetylenes is 1. The number of ether oxygens (including phenoxy) is 1. The highest BCUT2D eigenvalue weighted by Gasteiger charge is 2.20. The summed E-state index contributed by atoms with van der Waals surface area (Å²) in [5.74, 6) is 2.64. The summed E-state index contributed by atoms with van der Waals surface area (Å²) >= 11 is 0. The first kappa shape index (κ1) is 9.28. The van der Waals surface area contributed by atoms with Gasteiger partial charge in [-0.05, 0) is 19.3 Å². The monoisotopic (exact) mass is 166 g/mol. The Labute approximate surface area is 73.3 Å². The van der Waals surface area contributed by atoms with Gasteiger partial charge in [-0.15, -0.1) is 12.3 Å². The first-order chi connectivity index (χ1) is 5.84. The maximum absolute atomic E-state index is 11.3. The van der Waals surface area contributed by atoms with Gasteiger partial charge in [-0.2, -0.15) is 0 Å². The Morgan fingerprint density at radius 3 is 3.00 bits per heavy atom. The molecule has 1 atom stereocenters. The van der Waals surface area contributed by atoms with E-state index in [4.69, 9.17) is 11.2 Å². The average molecular weight is 166 g/mol. The first-order valence-electron chi connectivity index (χ1n) is 4.42. The lowest BCUT2D eigenvalue weighted by molar-refractivity contribution is -0.133. The fraction of sp³-hybridized carbons (Fsp3) is 0.700. The zero-order valence-corrected chi connectivity index (χ0v) is 7.21. The van der Waals surface area contributed by atoms with Crippen molar-refractivity contribution in [3.8, 4) is 12.3 Å². The van der Waals surface area contributed by atoms with Crippen molar-refractivity contribution in [3.63, 3.8) is 0 Å². The molecule has 0 aliphatic carbocycles. The maximum Gasteiger partial charge on any atom is 0.162 e. The smallest absolute Gasteiger partial charge is 0.162 e. The molecule has 1 heterocycles. The van der Waals surface area contributed by atoms with E-state index in [1.807, 2.05) is 0 Å². The van der Waals surface area contributed by atoms with Crippen LogP contribution in [0.5, 0.6) is 0 Å². The van der Waals surface area contributed by atoms with Gasteiger partial charge in [-0.25, -0.2) is 0 Å². The van der Waals surface area contributed by atoms with Crippen molar-refractivity contribution < 1.29 is 9.53 Å². The summed E-state index contributed by atoms with van der Waals surface area (Å²) in [6, 6.07) is 0. The molecule has 0 aromatic carbocycles. The van der Waals surface area contributed by atoms with Crippen LogP contribution >= 0.6 is 0 Å². The number of carbonyl (C=O) groups excluding carboxylic acids is 1. The third-order valence-corrected chi connectivity index (χ3v) is 2.05. The number of carbonyl (C=O) groups is 1. The molecule has 2 heteroatoms. The molecule has 12 heavy (non-hydrogen) atoms. The van der Waals surface area contributed by atoms with Gasteiger partial charge in [0.15, 0.2) is 5.78 Å². The second-order valence-electron chi connectivity index (χ2n) is 3.03.